The molecule has 4 rings (SSSR count). The molecule has 1 aliphatic rings. The highest BCUT2D eigenvalue weighted by atomic mass is 35.5. The van der Waals surface area contributed by atoms with Crippen LogP contribution >= 0.6 is 23.2 Å². The highest BCUT2D eigenvalue weighted by Gasteiger charge is 2.41. The van der Waals surface area contributed by atoms with Crippen LogP contribution in [0.3, 0.4) is 0 Å². The van der Waals surface area contributed by atoms with Crippen molar-refractivity contribution in [2.45, 2.75) is 31.2 Å². The number of piperidine rings is 1. The zero-order chi connectivity index (χ0) is 22.6. The maximum Gasteiger partial charge on any atom is 0.228 e. The summed E-state index contributed by atoms with van der Waals surface area (Å²) in [6.45, 7) is 2.17. The van der Waals surface area contributed by atoms with E-state index in [0.29, 0.717) is 28.8 Å². The van der Waals surface area contributed by atoms with Gasteiger partial charge >= 0.3 is 0 Å². The SMILES string of the molecule is CN(CC[C@@]1(c2ccc(Cl)c(Cl)c2)CCC(=O)N(c2ccccn2)C1)Cc1ccccn1. The first-order valence-electron chi connectivity index (χ1n) is 10.7. The maximum absolute atomic E-state index is 12.8. The van der Waals surface area contributed by atoms with Crippen molar-refractivity contribution in [1.29, 1.82) is 0 Å². The first-order chi connectivity index (χ1) is 15.5. The molecule has 2 aromatic heterocycles. The van der Waals surface area contributed by atoms with Gasteiger partial charge in [0.2, 0.25) is 5.91 Å². The van der Waals surface area contributed by atoms with Crippen molar-refractivity contribution in [2.75, 3.05) is 25.0 Å². The van der Waals surface area contributed by atoms with Crippen LogP contribution in [0.5, 0.6) is 0 Å². The molecule has 1 amide bonds. The van der Waals surface area contributed by atoms with Crippen LogP contribution in [0.1, 0.15) is 30.5 Å². The number of benzene rings is 1. The first kappa shape index (κ1) is 22.7. The summed E-state index contributed by atoms with van der Waals surface area (Å²) < 4.78 is 0. The Bertz CT molecular complexity index is 1060. The molecule has 1 aliphatic heterocycles. The van der Waals surface area contributed by atoms with E-state index in [2.05, 4.69) is 21.9 Å². The van der Waals surface area contributed by atoms with Crippen LogP contribution in [0.25, 0.3) is 0 Å². The van der Waals surface area contributed by atoms with Gasteiger partial charge in [-0.05, 0) is 68.4 Å². The second-order valence-corrected chi connectivity index (χ2v) is 9.20. The van der Waals surface area contributed by atoms with Gasteiger partial charge in [0.05, 0.1) is 15.7 Å². The van der Waals surface area contributed by atoms with Crippen molar-refractivity contribution in [1.82, 2.24) is 14.9 Å². The van der Waals surface area contributed by atoms with Gasteiger partial charge in [-0.25, -0.2) is 4.98 Å². The smallest absolute Gasteiger partial charge is 0.228 e. The Morgan fingerprint density at radius 1 is 1.03 bits per heavy atom. The average Bonchev–Trinajstić information content (AvgIpc) is 2.82. The number of hydrogen-bond donors (Lipinski definition) is 0. The van der Waals surface area contributed by atoms with E-state index in [4.69, 9.17) is 23.2 Å². The van der Waals surface area contributed by atoms with E-state index in [1.54, 1.807) is 6.20 Å². The normalized spacial score (nSPS) is 18.9. The standard InChI is InChI=1S/C25H26Cl2N4O/c1-30(17-20-6-2-4-13-28-20)15-12-25(19-8-9-21(26)22(27)16-19)11-10-24(32)31(18-25)23-7-3-5-14-29-23/h2-9,13-14,16H,10-12,15,17-18H2,1H3/t25-/m0/s1. The molecule has 32 heavy (non-hydrogen) atoms. The van der Waals surface area contributed by atoms with Gasteiger partial charge in [0.1, 0.15) is 5.82 Å². The number of anilines is 1. The van der Waals surface area contributed by atoms with Gasteiger partial charge in [0, 0.05) is 37.3 Å². The lowest BCUT2D eigenvalue weighted by atomic mass is 9.71. The summed E-state index contributed by atoms with van der Waals surface area (Å²) in [4.78, 5) is 25.8. The van der Waals surface area contributed by atoms with E-state index in [-0.39, 0.29) is 11.3 Å². The zero-order valence-corrected chi connectivity index (χ0v) is 19.6. The Labute approximate surface area is 199 Å². The van der Waals surface area contributed by atoms with E-state index in [1.807, 2.05) is 65.7 Å². The Kier molecular flexibility index (Phi) is 7.09. The number of carbonyl (C=O) groups is 1. The Hall–Kier alpha value is -2.47. The molecule has 0 bridgehead atoms. The molecular weight excluding hydrogens is 443 g/mol. The lowest BCUT2D eigenvalue weighted by Crippen LogP contribution is -2.50. The highest BCUT2D eigenvalue weighted by molar-refractivity contribution is 6.42. The number of halogens is 2. The van der Waals surface area contributed by atoms with Gasteiger partial charge in [-0.2, -0.15) is 0 Å². The molecule has 1 aromatic carbocycles. The van der Waals surface area contributed by atoms with Crippen molar-refractivity contribution >= 4 is 34.9 Å². The summed E-state index contributed by atoms with van der Waals surface area (Å²) in [6.07, 6.45) is 5.62. The number of pyridine rings is 2. The van der Waals surface area contributed by atoms with E-state index in [9.17, 15) is 4.79 Å². The fourth-order valence-electron chi connectivity index (χ4n) is 4.34. The third-order valence-electron chi connectivity index (χ3n) is 6.17. The second kappa shape index (κ2) is 9.99. The van der Waals surface area contributed by atoms with Crippen LogP contribution < -0.4 is 4.90 Å². The van der Waals surface area contributed by atoms with Crippen molar-refractivity contribution in [3.8, 4) is 0 Å². The summed E-state index contributed by atoms with van der Waals surface area (Å²) in [5.41, 5.74) is 1.89. The number of carbonyl (C=O) groups excluding carboxylic acids is 1. The molecule has 1 saturated heterocycles. The van der Waals surface area contributed by atoms with E-state index < -0.39 is 0 Å². The first-order valence-corrected chi connectivity index (χ1v) is 11.5. The zero-order valence-electron chi connectivity index (χ0n) is 18.0. The van der Waals surface area contributed by atoms with Crippen LogP contribution in [-0.4, -0.2) is 40.9 Å². The van der Waals surface area contributed by atoms with Crippen LogP contribution in [0.4, 0.5) is 5.82 Å². The molecule has 3 aromatic rings. The van der Waals surface area contributed by atoms with Crippen molar-refractivity contribution in [3.63, 3.8) is 0 Å². The number of rotatable bonds is 7. The van der Waals surface area contributed by atoms with E-state index in [1.165, 1.54) is 0 Å². The summed E-state index contributed by atoms with van der Waals surface area (Å²) in [6, 6.07) is 17.5. The Morgan fingerprint density at radius 3 is 2.50 bits per heavy atom. The van der Waals surface area contributed by atoms with Crippen molar-refractivity contribution < 1.29 is 4.79 Å². The average molecular weight is 469 g/mol. The predicted molar refractivity (Wildman–Crippen MR) is 129 cm³/mol. The van der Waals surface area contributed by atoms with Gasteiger partial charge in [0.15, 0.2) is 0 Å². The molecule has 166 valence electrons. The van der Waals surface area contributed by atoms with Gasteiger partial charge in [-0.15, -0.1) is 0 Å². The Balaban J connectivity index is 1.61. The number of amides is 1. The maximum atomic E-state index is 12.8. The Morgan fingerprint density at radius 2 is 1.81 bits per heavy atom. The summed E-state index contributed by atoms with van der Waals surface area (Å²) in [7, 11) is 2.10. The van der Waals surface area contributed by atoms with Crippen LogP contribution in [-0.2, 0) is 16.8 Å². The largest absolute Gasteiger partial charge is 0.301 e. The fourth-order valence-corrected chi connectivity index (χ4v) is 4.63. The van der Waals surface area contributed by atoms with Gasteiger partial charge < -0.3 is 4.90 Å². The lowest BCUT2D eigenvalue weighted by molar-refractivity contribution is -0.120. The monoisotopic (exact) mass is 468 g/mol. The molecular formula is C25H26Cl2N4O. The van der Waals surface area contributed by atoms with Crippen LogP contribution in [0.2, 0.25) is 10.0 Å². The molecule has 0 radical (unpaired) electrons. The third-order valence-corrected chi connectivity index (χ3v) is 6.91. The van der Waals surface area contributed by atoms with Crippen molar-refractivity contribution in [3.05, 3.63) is 88.3 Å². The molecule has 1 fully saturated rings. The minimum Gasteiger partial charge on any atom is -0.301 e. The predicted octanol–water partition coefficient (Wildman–Crippen LogP) is 5.37. The molecule has 0 saturated carbocycles. The topological polar surface area (TPSA) is 49.3 Å². The van der Waals surface area contributed by atoms with Gasteiger partial charge in [-0.1, -0.05) is 41.4 Å². The quantitative estimate of drug-likeness (QED) is 0.467. The van der Waals surface area contributed by atoms with Crippen LogP contribution in [0.15, 0.2) is 67.0 Å². The molecule has 1 atom stereocenters. The molecule has 5 nitrogen and oxygen atoms in total. The molecule has 7 heteroatoms. The minimum absolute atomic E-state index is 0.0984. The number of hydrogen-bond acceptors (Lipinski definition) is 4. The fraction of sp³-hybridized carbons (Fsp3) is 0.320. The van der Waals surface area contributed by atoms with Crippen molar-refractivity contribution in [2.24, 2.45) is 0 Å². The summed E-state index contributed by atoms with van der Waals surface area (Å²) in [5.74, 6) is 0.782. The minimum atomic E-state index is -0.252. The molecule has 0 spiro atoms. The summed E-state index contributed by atoms with van der Waals surface area (Å²) >= 11 is 12.6. The third kappa shape index (κ3) is 5.12. The lowest BCUT2D eigenvalue weighted by Gasteiger charge is -2.43. The highest BCUT2D eigenvalue weighted by Crippen LogP contribution is 2.41. The molecule has 0 N–H and O–H groups in total. The van der Waals surface area contributed by atoms with Gasteiger partial charge in [-0.3, -0.25) is 14.7 Å². The second-order valence-electron chi connectivity index (χ2n) is 8.39. The van der Waals surface area contributed by atoms with Gasteiger partial charge in [0.25, 0.3) is 0 Å². The summed E-state index contributed by atoms with van der Waals surface area (Å²) in [5, 5.41) is 1.07. The molecule has 0 aliphatic carbocycles. The van der Waals surface area contributed by atoms with Crippen LogP contribution in [0, 0.1) is 0 Å². The molecule has 0 unspecified atom stereocenters. The van der Waals surface area contributed by atoms with E-state index in [0.717, 1.165) is 37.2 Å². The number of nitrogens with zero attached hydrogens (tertiary/aromatic N) is 4. The number of aromatic nitrogens is 2. The molecule has 3 heterocycles. The van der Waals surface area contributed by atoms with E-state index >= 15 is 0 Å².